The first-order chi connectivity index (χ1) is 7.43. The number of hydrogen-bond acceptors (Lipinski definition) is 1. The molecule has 2 N–H and O–H groups in total. The Morgan fingerprint density at radius 3 is 2.38 bits per heavy atom. The molecule has 0 aliphatic rings. The van der Waals surface area contributed by atoms with Gasteiger partial charge in [0.15, 0.2) is 0 Å². The monoisotopic (exact) mass is 217 g/mol. The fourth-order valence-corrected chi connectivity index (χ4v) is 1.83. The topological polar surface area (TPSA) is 26.0 Å². The molecule has 0 fully saturated rings. The molecular formula is C15H23N. The summed E-state index contributed by atoms with van der Waals surface area (Å²) >= 11 is 0. The number of aryl methyl sites for hydroxylation is 1. The third-order valence-corrected chi connectivity index (χ3v) is 3.63. The maximum Gasteiger partial charge on any atom is 0.00416 e. The van der Waals surface area contributed by atoms with Gasteiger partial charge in [-0.05, 0) is 23.8 Å². The highest BCUT2D eigenvalue weighted by atomic mass is 14.6. The zero-order valence-corrected chi connectivity index (χ0v) is 10.7. The highest BCUT2D eigenvalue weighted by Gasteiger charge is 2.26. The van der Waals surface area contributed by atoms with E-state index in [4.69, 9.17) is 5.73 Å². The van der Waals surface area contributed by atoms with Crippen LogP contribution in [-0.4, -0.2) is 0 Å². The van der Waals surface area contributed by atoms with Crippen molar-refractivity contribution in [2.75, 3.05) is 0 Å². The second-order valence-corrected chi connectivity index (χ2v) is 5.27. The summed E-state index contributed by atoms with van der Waals surface area (Å²) in [7, 11) is 0. The molecule has 1 atom stereocenters. The molecule has 1 nitrogen and oxygen atoms in total. The number of benzene rings is 1. The average Bonchev–Trinajstić information content (AvgIpc) is 2.27. The van der Waals surface area contributed by atoms with Gasteiger partial charge < -0.3 is 5.73 Å². The van der Waals surface area contributed by atoms with Gasteiger partial charge >= 0.3 is 0 Å². The van der Waals surface area contributed by atoms with E-state index < -0.39 is 0 Å². The van der Waals surface area contributed by atoms with Gasteiger partial charge in [-0.15, -0.1) is 0 Å². The Labute approximate surface area is 99.4 Å². The molecule has 16 heavy (non-hydrogen) atoms. The van der Waals surface area contributed by atoms with E-state index >= 15 is 0 Å². The molecule has 1 rings (SSSR count). The number of nitrogens with two attached hydrogens (primary N) is 1. The molecule has 1 aromatic carbocycles. The second-order valence-electron chi connectivity index (χ2n) is 5.27. The lowest BCUT2D eigenvalue weighted by Crippen LogP contribution is -2.26. The summed E-state index contributed by atoms with van der Waals surface area (Å²) in [4.78, 5) is 0. The van der Waals surface area contributed by atoms with E-state index in [-0.39, 0.29) is 5.41 Å². The van der Waals surface area contributed by atoms with Crippen LogP contribution in [0.3, 0.4) is 0 Å². The molecule has 1 heteroatoms. The maximum atomic E-state index is 5.80. The molecule has 88 valence electrons. The van der Waals surface area contributed by atoms with Crippen molar-refractivity contribution in [3.05, 3.63) is 48.2 Å². The summed E-state index contributed by atoms with van der Waals surface area (Å²) in [6.45, 7) is 10.5. The average molecular weight is 217 g/mol. The van der Waals surface area contributed by atoms with Gasteiger partial charge in [-0.1, -0.05) is 57.7 Å². The van der Waals surface area contributed by atoms with E-state index in [9.17, 15) is 0 Å². The molecule has 0 spiro atoms. The summed E-state index contributed by atoms with van der Waals surface area (Å²) in [6.07, 6.45) is 2.24. The molecule has 0 bridgehead atoms. The van der Waals surface area contributed by atoms with Crippen LogP contribution >= 0.6 is 0 Å². The molecule has 1 aromatic rings. The predicted molar refractivity (Wildman–Crippen MR) is 71.0 cm³/mol. The Kier molecular flexibility index (Phi) is 4.17. The van der Waals surface area contributed by atoms with Crippen LogP contribution in [0.25, 0.3) is 0 Å². The van der Waals surface area contributed by atoms with Crippen LogP contribution < -0.4 is 5.73 Å². The van der Waals surface area contributed by atoms with Crippen molar-refractivity contribution in [3.63, 3.8) is 0 Å². The normalized spacial score (nSPS) is 13.4. The van der Waals surface area contributed by atoms with E-state index in [1.165, 1.54) is 5.56 Å². The van der Waals surface area contributed by atoms with Crippen LogP contribution in [0.2, 0.25) is 0 Å². The van der Waals surface area contributed by atoms with Gasteiger partial charge in [0.1, 0.15) is 0 Å². The molecule has 0 aliphatic heterocycles. The maximum absolute atomic E-state index is 5.80. The molecular weight excluding hydrogens is 194 g/mol. The summed E-state index contributed by atoms with van der Waals surface area (Å²) in [5.74, 6) is 0.358. The number of allylic oxidation sites excluding steroid dienone is 1. The van der Waals surface area contributed by atoms with Crippen LogP contribution in [-0.2, 0) is 6.42 Å². The van der Waals surface area contributed by atoms with Gasteiger partial charge in [-0.3, -0.25) is 0 Å². The minimum Gasteiger partial charge on any atom is -0.402 e. The Morgan fingerprint density at radius 2 is 1.88 bits per heavy atom. The Bertz CT molecular complexity index is 338. The van der Waals surface area contributed by atoms with E-state index in [2.05, 4.69) is 57.7 Å². The highest BCUT2D eigenvalue weighted by molar-refractivity contribution is 5.15. The van der Waals surface area contributed by atoms with Crippen LogP contribution in [0, 0.1) is 11.3 Å². The van der Waals surface area contributed by atoms with Gasteiger partial charge in [0.25, 0.3) is 0 Å². The van der Waals surface area contributed by atoms with E-state index in [0.717, 1.165) is 18.5 Å². The lowest BCUT2D eigenvalue weighted by atomic mass is 9.74. The molecule has 0 radical (unpaired) electrons. The minimum atomic E-state index is 0.210. The first-order valence-electron chi connectivity index (χ1n) is 5.91. The summed E-state index contributed by atoms with van der Waals surface area (Å²) in [5, 5.41) is 0. The van der Waals surface area contributed by atoms with Crippen molar-refractivity contribution in [2.24, 2.45) is 17.1 Å². The first-order valence-corrected chi connectivity index (χ1v) is 5.91. The quantitative estimate of drug-likeness (QED) is 0.798. The zero-order chi connectivity index (χ0) is 12.2. The van der Waals surface area contributed by atoms with Crippen molar-refractivity contribution in [3.8, 4) is 0 Å². The van der Waals surface area contributed by atoms with Crippen LogP contribution in [0.5, 0.6) is 0 Å². The van der Waals surface area contributed by atoms with Crippen molar-refractivity contribution in [2.45, 2.75) is 33.6 Å². The van der Waals surface area contributed by atoms with E-state index in [1.807, 2.05) is 0 Å². The van der Waals surface area contributed by atoms with Gasteiger partial charge in [-0.2, -0.15) is 0 Å². The van der Waals surface area contributed by atoms with E-state index in [1.54, 1.807) is 0 Å². The minimum absolute atomic E-state index is 0.210. The Morgan fingerprint density at radius 1 is 1.31 bits per heavy atom. The fraction of sp³-hybridized carbons (Fsp3) is 0.467. The molecule has 0 saturated heterocycles. The zero-order valence-electron chi connectivity index (χ0n) is 10.7. The largest absolute Gasteiger partial charge is 0.402 e. The van der Waals surface area contributed by atoms with Crippen molar-refractivity contribution in [1.29, 1.82) is 0 Å². The summed E-state index contributed by atoms with van der Waals surface area (Å²) in [6, 6.07) is 10.6. The second kappa shape index (κ2) is 5.20. The van der Waals surface area contributed by atoms with E-state index in [0.29, 0.717) is 5.92 Å². The lowest BCUT2D eigenvalue weighted by molar-refractivity contribution is 0.242. The van der Waals surface area contributed by atoms with Gasteiger partial charge in [-0.25, -0.2) is 0 Å². The third kappa shape index (κ3) is 3.41. The van der Waals surface area contributed by atoms with Gasteiger partial charge in [0, 0.05) is 11.6 Å². The molecule has 0 saturated carbocycles. The SMILES string of the molecule is C=C(N)C(C)C(C)(C)CCc1ccccc1. The standard InChI is InChI=1S/C15H23N/c1-12(13(2)16)15(3,4)11-10-14-8-6-5-7-9-14/h5-9,12H,2,10-11,16H2,1,3-4H3. The number of hydrogen-bond donors (Lipinski definition) is 1. The summed E-state index contributed by atoms with van der Waals surface area (Å²) in [5.41, 5.74) is 8.19. The summed E-state index contributed by atoms with van der Waals surface area (Å²) < 4.78 is 0. The third-order valence-electron chi connectivity index (χ3n) is 3.63. The van der Waals surface area contributed by atoms with Gasteiger partial charge in [0.2, 0.25) is 0 Å². The van der Waals surface area contributed by atoms with Crippen molar-refractivity contribution >= 4 is 0 Å². The number of rotatable bonds is 5. The van der Waals surface area contributed by atoms with Crippen molar-refractivity contribution in [1.82, 2.24) is 0 Å². The van der Waals surface area contributed by atoms with Crippen LogP contribution in [0.15, 0.2) is 42.6 Å². The first kappa shape index (κ1) is 12.8. The van der Waals surface area contributed by atoms with Crippen molar-refractivity contribution < 1.29 is 0 Å². The molecule has 0 heterocycles. The highest BCUT2D eigenvalue weighted by Crippen LogP contribution is 2.34. The molecule has 0 aromatic heterocycles. The Balaban J connectivity index is 2.57. The fourth-order valence-electron chi connectivity index (χ4n) is 1.83. The van der Waals surface area contributed by atoms with Crippen LogP contribution in [0.4, 0.5) is 0 Å². The lowest BCUT2D eigenvalue weighted by Gasteiger charge is -2.32. The molecule has 1 unspecified atom stereocenters. The molecule has 0 amide bonds. The van der Waals surface area contributed by atoms with Gasteiger partial charge in [0.05, 0.1) is 0 Å². The smallest absolute Gasteiger partial charge is 0.00416 e. The Hall–Kier alpha value is -1.24. The predicted octanol–water partition coefficient (Wildman–Crippen LogP) is 3.75. The molecule has 0 aliphatic carbocycles. The van der Waals surface area contributed by atoms with Crippen LogP contribution in [0.1, 0.15) is 32.8 Å².